The zero-order chi connectivity index (χ0) is 14.5. The number of hydrogen-bond donors (Lipinski definition) is 0. The Balaban J connectivity index is 2.26. The van der Waals surface area contributed by atoms with E-state index in [-0.39, 0.29) is 5.78 Å². The molecule has 0 aliphatic heterocycles. The number of Topliss-reactive ketones (excluding diaryl/α,β-unsaturated/α-hetero) is 1. The fourth-order valence-electron chi connectivity index (χ4n) is 2.20. The van der Waals surface area contributed by atoms with Gasteiger partial charge in [0, 0.05) is 24.8 Å². The minimum absolute atomic E-state index is 0.0539. The number of para-hydroxylation sites is 1. The van der Waals surface area contributed by atoms with Crippen molar-refractivity contribution in [2.24, 2.45) is 0 Å². The average Bonchev–Trinajstić information content (AvgIpc) is 2.47. The first kappa shape index (κ1) is 13.8. The average molecular weight is 264 g/mol. The van der Waals surface area contributed by atoms with Crippen molar-refractivity contribution in [1.82, 2.24) is 0 Å². The summed E-state index contributed by atoms with van der Waals surface area (Å²) in [5.41, 5.74) is 3.31. The quantitative estimate of drug-likeness (QED) is 0.795. The van der Waals surface area contributed by atoms with Crippen molar-refractivity contribution in [2.75, 3.05) is 11.9 Å². The Morgan fingerprint density at radius 1 is 1.20 bits per heavy atom. The first-order valence-corrected chi connectivity index (χ1v) is 6.42. The van der Waals surface area contributed by atoms with Gasteiger partial charge >= 0.3 is 0 Å². The first-order valence-electron chi connectivity index (χ1n) is 6.42. The number of nitriles is 1. The molecule has 0 saturated heterocycles. The van der Waals surface area contributed by atoms with Crippen molar-refractivity contribution in [3.63, 3.8) is 0 Å². The molecule has 3 nitrogen and oxygen atoms in total. The smallest absolute Gasteiger partial charge is 0.161 e. The molecule has 0 aliphatic rings. The highest BCUT2D eigenvalue weighted by molar-refractivity contribution is 5.99. The molecular formula is C17H16N2O. The predicted octanol–water partition coefficient (Wildman–Crippen LogP) is 3.40. The summed E-state index contributed by atoms with van der Waals surface area (Å²) >= 11 is 0. The summed E-state index contributed by atoms with van der Waals surface area (Å²) in [5, 5.41) is 8.92. The molecule has 2 aromatic carbocycles. The highest BCUT2D eigenvalue weighted by atomic mass is 16.1. The molecule has 0 unspecified atom stereocenters. The Bertz CT molecular complexity index is 671. The normalized spacial score (nSPS) is 9.85. The van der Waals surface area contributed by atoms with Crippen LogP contribution in [0.1, 0.15) is 28.4 Å². The zero-order valence-corrected chi connectivity index (χ0v) is 11.6. The molecule has 0 atom stereocenters. The predicted molar refractivity (Wildman–Crippen MR) is 79.7 cm³/mol. The van der Waals surface area contributed by atoms with Crippen LogP contribution in [0.3, 0.4) is 0 Å². The minimum atomic E-state index is 0.0539. The Hall–Kier alpha value is -2.60. The maximum absolute atomic E-state index is 11.7. The molecule has 0 N–H and O–H groups in total. The summed E-state index contributed by atoms with van der Waals surface area (Å²) in [6.45, 7) is 2.22. The SMILES string of the molecule is CC(=O)c1ccccc1N(C)Cc1cccc(C#N)c1. The van der Waals surface area contributed by atoms with Crippen LogP contribution in [0, 0.1) is 11.3 Å². The number of carbonyl (C=O) groups excluding carboxylic acids is 1. The van der Waals surface area contributed by atoms with Gasteiger partial charge in [-0.3, -0.25) is 4.79 Å². The summed E-state index contributed by atoms with van der Waals surface area (Å²) < 4.78 is 0. The maximum Gasteiger partial charge on any atom is 0.161 e. The largest absolute Gasteiger partial charge is 0.370 e. The van der Waals surface area contributed by atoms with E-state index in [0.717, 1.165) is 11.3 Å². The maximum atomic E-state index is 11.7. The van der Waals surface area contributed by atoms with Crippen molar-refractivity contribution < 1.29 is 4.79 Å². The highest BCUT2D eigenvalue weighted by Gasteiger charge is 2.10. The van der Waals surface area contributed by atoms with Gasteiger partial charge in [0.1, 0.15) is 0 Å². The van der Waals surface area contributed by atoms with Crippen LogP contribution in [-0.4, -0.2) is 12.8 Å². The molecule has 2 aromatic rings. The molecule has 100 valence electrons. The summed E-state index contributed by atoms with van der Waals surface area (Å²) in [4.78, 5) is 13.7. The van der Waals surface area contributed by atoms with Crippen molar-refractivity contribution in [3.8, 4) is 6.07 Å². The van der Waals surface area contributed by atoms with Gasteiger partial charge in [-0.1, -0.05) is 24.3 Å². The van der Waals surface area contributed by atoms with Crippen LogP contribution in [0.4, 0.5) is 5.69 Å². The third-order valence-corrected chi connectivity index (χ3v) is 3.17. The van der Waals surface area contributed by atoms with Gasteiger partial charge in [-0.25, -0.2) is 0 Å². The Morgan fingerprint density at radius 2 is 1.95 bits per heavy atom. The van der Waals surface area contributed by atoms with Crippen LogP contribution in [0.5, 0.6) is 0 Å². The Kier molecular flexibility index (Phi) is 4.17. The molecular weight excluding hydrogens is 248 g/mol. The summed E-state index contributed by atoms with van der Waals surface area (Å²) in [6.07, 6.45) is 0. The fourth-order valence-corrected chi connectivity index (χ4v) is 2.20. The molecule has 0 bridgehead atoms. The number of benzene rings is 2. The van der Waals surface area contributed by atoms with Crippen LogP contribution in [0.2, 0.25) is 0 Å². The van der Waals surface area contributed by atoms with Gasteiger partial charge in [0.2, 0.25) is 0 Å². The van der Waals surface area contributed by atoms with E-state index in [4.69, 9.17) is 5.26 Å². The van der Waals surface area contributed by atoms with Crippen LogP contribution >= 0.6 is 0 Å². The number of rotatable bonds is 4. The van der Waals surface area contributed by atoms with Gasteiger partial charge in [-0.2, -0.15) is 5.26 Å². The third-order valence-electron chi connectivity index (χ3n) is 3.17. The number of anilines is 1. The van der Waals surface area contributed by atoms with Gasteiger partial charge in [-0.05, 0) is 36.8 Å². The molecule has 0 spiro atoms. The number of ketones is 1. The number of nitrogens with zero attached hydrogens (tertiary/aromatic N) is 2. The lowest BCUT2D eigenvalue weighted by Gasteiger charge is -2.21. The van der Waals surface area contributed by atoms with Crippen LogP contribution in [0.15, 0.2) is 48.5 Å². The van der Waals surface area contributed by atoms with Gasteiger partial charge < -0.3 is 4.90 Å². The summed E-state index contributed by atoms with van der Waals surface area (Å²) in [7, 11) is 1.95. The van der Waals surface area contributed by atoms with Gasteiger partial charge in [0.25, 0.3) is 0 Å². The van der Waals surface area contributed by atoms with E-state index < -0.39 is 0 Å². The van der Waals surface area contributed by atoms with Crippen LogP contribution < -0.4 is 4.90 Å². The van der Waals surface area contributed by atoms with E-state index in [2.05, 4.69) is 6.07 Å². The van der Waals surface area contributed by atoms with Gasteiger partial charge in [-0.15, -0.1) is 0 Å². The zero-order valence-electron chi connectivity index (χ0n) is 11.6. The number of carbonyl (C=O) groups is 1. The minimum Gasteiger partial charge on any atom is -0.370 e. The van der Waals surface area contributed by atoms with Crippen molar-refractivity contribution in [2.45, 2.75) is 13.5 Å². The van der Waals surface area contributed by atoms with Crippen LogP contribution in [-0.2, 0) is 6.54 Å². The molecule has 20 heavy (non-hydrogen) atoms. The van der Waals surface area contributed by atoms with E-state index >= 15 is 0 Å². The molecule has 0 fully saturated rings. The van der Waals surface area contributed by atoms with E-state index in [1.165, 1.54) is 0 Å². The molecule has 0 heterocycles. The second-order valence-corrected chi connectivity index (χ2v) is 4.74. The lowest BCUT2D eigenvalue weighted by Crippen LogP contribution is -2.18. The second-order valence-electron chi connectivity index (χ2n) is 4.74. The van der Waals surface area contributed by atoms with E-state index in [0.29, 0.717) is 17.7 Å². The molecule has 3 heteroatoms. The molecule has 0 radical (unpaired) electrons. The van der Waals surface area contributed by atoms with Crippen molar-refractivity contribution >= 4 is 11.5 Å². The van der Waals surface area contributed by atoms with Crippen molar-refractivity contribution in [3.05, 3.63) is 65.2 Å². The lowest BCUT2D eigenvalue weighted by molar-refractivity contribution is 0.101. The fraction of sp³-hybridized carbons (Fsp3) is 0.176. The van der Waals surface area contributed by atoms with E-state index in [1.807, 2.05) is 54.4 Å². The molecule has 0 aliphatic carbocycles. The van der Waals surface area contributed by atoms with Crippen molar-refractivity contribution in [1.29, 1.82) is 5.26 Å². The van der Waals surface area contributed by atoms with E-state index in [1.54, 1.807) is 13.0 Å². The molecule has 0 saturated carbocycles. The summed E-state index contributed by atoms with van der Waals surface area (Å²) in [5.74, 6) is 0.0539. The monoisotopic (exact) mass is 264 g/mol. The molecule has 0 amide bonds. The first-order chi connectivity index (χ1) is 9.61. The van der Waals surface area contributed by atoms with Gasteiger partial charge in [0.05, 0.1) is 11.6 Å². The summed E-state index contributed by atoms with van der Waals surface area (Å²) in [6, 6.07) is 17.2. The van der Waals surface area contributed by atoms with E-state index in [9.17, 15) is 4.79 Å². The standard InChI is InChI=1S/C17H16N2O/c1-13(20)16-8-3-4-9-17(16)19(2)12-15-7-5-6-14(10-15)11-18/h3-10H,12H2,1-2H3. The Labute approximate surface area is 119 Å². The topological polar surface area (TPSA) is 44.1 Å². The second kappa shape index (κ2) is 6.03. The highest BCUT2D eigenvalue weighted by Crippen LogP contribution is 2.21. The lowest BCUT2D eigenvalue weighted by atomic mass is 10.1. The van der Waals surface area contributed by atoms with Crippen LogP contribution in [0.25, 0.3) is 0 Å². The van der Waals surface area contributed by atoms with Gasteiger partial charge in [0.15, 0.2) is 5.78 Å². The molecule has 2 rings (SSSR count). The number of hydrogen-bond acceptors (Lipinski definition) is 3. The molecule has 0 aromatic heterocycles. The third kappa shape index (κ3) is 3.04. The Morgan fingerprint density at radius 3 is 2.65 bits per heavy atom.